The minimum absolute atomic E-state index is 0. The van der Waals surface area contributed by atoms with Gasteiger partial charge in [-0.3, -0.25) is 10.1 Å². The Bertz CT molecular complexity index is 1610. The number of anilines is 1. The third kappa shape index (κ3) is 5.93. The van der Waals surface area contributed by atoms with Crippen LogP contribution in [0.15, 0.2) is 75.8 Å². The van der Waals surface area contributed by atoms with Crippen LogP contribution in [0.3, 0.4) is 0 Å². The summed E-state index contributed by atoms with van der Waals surface area (Å²) >= 11 is 0. The number of methoxy groups -OCH3 is 4. The molecule has 1 atom stereocenters. The van der Waals surface area contributed by atoms with Crippen LogP contribution in [0.2, 0.25) is 0 Å². The molecule has 3 aromatic carbocycles. The molecule has 0 radical (unpaired) electrons. The quantitative estimate of drug-likeness (QED) is 0.258. The second kappa shape index (κ2) is 12.7. The number of hydrogen-bond acceptors (Lipinski definition) is 8. The van der Waals surface area contributed by atoms with E-state index in [4.69, 9.17) is 27.9 Å². The third-order valence-corrected chi connectivity index (χ3v) is 6.54. The number of carbonyl (C=O) groups excluding carboxylic acids is 1. The SMILES string of the molecule is COc1ccc(-c2cnoc2-c2cc(OC)c(OC)c(OC)c2)cc1NC(=O)C(C)[NH2+]c1cc2ccccc2o1.[Cl-]. The molecule has 1 amide bonds. The molecule has 2 heterocycles. The number of hydrogen-bond donors (Lipinski definition) is 2. The Morgan fingerprint density at radius 3 is 2.24 bits per heavy atom. The molecular formula is C30H30ClN3O7. The van der Waals surface area contributed by atoms with Gasteiger partial charge in [-0.1, -0.05) is 29.4 Å². The van der Waals surface area contributed by atoms with Crippen molar-refractivity contribution in [3.8, 4) is 45.4 Å². The molecule has 0 saturated heterocycles. The summed E-state index contributed by atoms with van der Waals surface area (Å²) in [5.74, 6) is 2.85. The molecule has 0 spiro atoms. The number of para-hydroxylation sites is 1. The number of amides is 1. The van der Waals surface area contributed by atoms with Gasteiger partial charge in [-0.15, -0.1) is 0 Å². The number of nitrogens with one attached hydrogen (secondary N) is 1. The van der Waals surface area contributed by atoms with E-state index in [9.17, 15) is 4.79 Å². The van der Waals surface area contributed by atoms with Gasteiger partial charge in [-0.2, -0.15) is 0 Å². The van der Waals surface area contributed by atoms with Crippen molar-refractivity contribution in [3.63, 3.8) is 0 Å². The number of aromatic nitrogens is 1. The second-order valence-corrected chi connectivity index (χ2v) is 9.03. The molecule has 1 unspecified atom stereocenters. The number of furan rings is 1. The summed E-state index contributed by atoms with van der Waals surface area (Å²) in [4.78, 5) is 13.2. The second-order valence-electron chi connectivity index (χ2n) is 9.03. The van der Waals surface area contributed by atoms with Crippen LogP contribution in [0.5, 0.6) is 23.0 Å². The zero-order valence-corrected chi connectivity index (χ0v) is 23.9. The maximum Gasteiger partial charge on any atom is 0.294 e. The van der Waals surface area contributed by atoms with Gasteiger partial charge >= 0.3 is 0 Å². The fraction of sp³-hybridized carbons (Fsp3) is 0.200. The normalized spacial score (nSPS) is 11.4. The fourth-order valence-electron chi connectivity index (χ4n) is 4.49. The van der Waals surface area contributed by atoms with Crippen molar-refractivity contribution >= 4 is 28.4 Å². The fourth-order valence-corrected chi connectivity index (χ4v) is 4.49. The molecule has 5 rings (SSSR count). The minimum Gasteiger partial charge on any atom is -1.00 e. The van der Waals surface area contributed by atoms with Crippen LogP contribution >= 0.6 is 0 Å². The molecule has 2 aromatic heterocycles. The summed E-state index contributed by atoms with van der Waals surface area (Å²) in [5.41, 5.74) is 3.42. The maximum atomic E-state index is 13.2. The van der Waals surface area contributed by atoms with E-state index < -0.39 is 6.04 Å². The van der Waals surface area contributed by atoms with Crippen LogP contribution in [-0.2, 0) is 4.79 Å². The zero-order valence-electron chi connectivity index (χ0n) is 23.2. The van der Waals surface area contributed by atoms with Crippen molar-refractivity contribution in [2.75, 3.05) is 33.8 Å². The number of rotatable bonds is 10. The van der Waals surface area contributed by atoms with Gasteiger partial charge in [-0.25, -0.2) is 0 Å². The number of halogens is 1. The van der Waals surface area contributed by atoms with E-state index in [2.05, 4.69) is 10.5 Å². The Kier molecular flexibility index (Phi) is 9.06. The van der Waals surface area contributed by atoms with E-state index in [1.807, 2.05) is 42.5 Å². The smallest absolute Gasteiger partial charge is 0.294 e. The summed E-state index contributed by atoms with van der Waals surface area (Å²) in [6, 6.07) is 18.2. The van der Waals surface area contributed by atoms with Crippen LogP contribution in [0.4, 0.5) is 11.6 Å². The molecule has 0 fully saturated rings. The van der Waals surface area contributed by atoms with Crippen LogP contribution in [0, 0.1) is 0 Å². The molecule has 0 saturated carbocycles. The van der Waals surface area contributed by atoms with Gasteiger partial charge in [0.1, 0.15) is 11.3 Å². The molecule has 41 heavy (non-hydrogen) atoms. The first-order chi connectivity index (χ1) is 19.4. The van der Waals surface area contributed by atoms with E-state index in [1.165, 1.54) is 0 Å². The Labute approximate surface area is 242 Å². The van der Waals surface area contributed by atoms with Crippen LogP contribution in [-0.4, -0.2) is 45.5 Å². The monoisotopic (exact) mass is 579 g/mol. The lowest BCUT2D eigenvalue weighted by Crippen LogP contribution is -3.00. The Morgan fingerprint density at radius 2 is 1.59 bits per heavy atom. The number of benzene rings is 3. The summed E-state index contributed by atoms with van der Waals surface area (Å²) in [6.45, 7) is 1.81. The van der Waals surface area contributed by atoms with E-state index in [0.717, 1.165) is 16.5 Å². The molecule has 0 aliphatic heterocycles. The largest absolute Gasteiger partial charge is 1.00 e. The highest BCUT2D eigenvalue weighted by molar-refractivity contribution is 5.96. The lowest BCUT2D eigenvalue weighted by atomic mass is 10.0. The topological polar surface area (TPSA) is 122 Å². The molecule has 10 nitrogen and oxygen atoms in total. The summed E-state index contributed by atoms with van der Waals surface area (Å²) in [7, 11) is 6.19. The molecule has 5 aromatic rings. The third-order valence-electron chi connectivity index (χ3n) is 6.54. The molecule has 214 valence electrons. The first-order valence-electron chi connectivity index (χ1n) is 12.5. The first-order valence-corrected chi connectivity index (χ1v) is 12.5. The van der Waals surface area contributed by atoms with E-state index >= 15 is 0 Å². The predicted molar refractivity (Wildman–Crippen MR) is 149 cm³/mol. The van der Waals surface area contributed by atoms with Gasteiger partial charge in [0.15, 0.2) is 23.3 Å². The highest BCUT2D eigenvalue weighted by Gasteiger charge is 2.23. The van der Waals surface area contributed by atoms with Crippen LogP contribution in [0.25, 0.3) is 33.4 Å². The standard InChI is InChI=1S/C30H29N3O7.ClH/c1-17(32-27-15-19-8-6-7-9-23(19)39-27)30(34)33-22-12-18(10-11-24(22)35-2)21-16-31-40-28(21)20-13-25(36-3)29(38-5)26(14-20)37-4;/h6-17,32H,1-5H3,(H,33,34);1H. The first kappa shape index (κ1) is 29.3. The predicted octanol–water partition coefficient (Wildman–Crippen LogP) is 2.02. The van der Waals surface area contributed by atoms with Gasteiger partial charge in [0.05, 0.1) is 46.4 Å². The number of carbonyl (C=O) groups is 1. The van der Waals surface area contributed by atoms with Crippen molar-refractivity contribution in [3.05, 3.63) is 66.9 Å². The summed E-state index contributed by atoms with van der Waals surface area (Å²) in [5, 5.41) is 9.78. The number of ether oxygens (including phenoxy) is 4. The molecule has 11 heteroatoms. The summed E-state index contributed by atoms with van der Waals surface area (Å²) < 4.78 is 33.5. The van der Waals surface area contributed by atoms with Gasteiger partial charge in [0.2, 0.25) is 5.75 Å². The van der Waals surface area contributed by atoms with Crippen molar-refractivity contribution < 1.29 is 50.4 Å². The Balaban J connectivity index is 0.00000387. The Morgan fingerprint density at radius 1 is 0.878 bits per heavy atom. The minimum atomic E-state index is -0.473. The van der Waals surface area contributed by atoms with E-state index in [1.54, 1.807) is 65.1 Å². The molecule has 0 aliphatic carbocycles. The average Bonchev–Trinajstić information content (AvgIpc) is 3.63. The number of nitrogens with zero attached hydrogens (tertiary/aromatic N) is 1. The lowest BCUT2D eigenvalue weighted by molar-refractivity contribution is -0.604. The van der Waals surface area contributed by atoms with Crippen LogP contribution in [0.1, 0.15) is 6.92 Å². The van der Waals surface area contributed by atoms with Crippen molar-refractivity contribution in [1.29, 1.82) is 0 Å². The van der Waals surface area contributed by atoms with E-state index in [0.29, 0.717) is 51.5 Å². The van der Waals surface area contributed by atoms with Crippen molar-refractivity contribution in [2.24, 2.45) is 0 Å². The van der Waals surface area contributed by atoms with E-state index in [-0.39, 0.29) is 18.3 Å². The number of nitrogens with two attached hydrogens (primary N) is 1. The van der Waals surface area contributed by atoms with Gasteiger partial charge in [-0.05, 0) is 42.8 Å². The highest BCUT2D eigenvalue weighted by Crippen LogP contribution is 2.44. The van der Waals surface area contributed by atoms with Gasteiger partial charge in [0.25, 0.3) is 11.8 Å². The maximum absolute atomic E-state index is 13.2. The molecular weight excluding hydrogens is 550 g/mol. The highest BCUT2D eigenvalue weighted by atomic mass is 35.5. The zero-order chi connectivity index (χ0) is 28.2. The van der Waals surface area contributed by atoms with Crippen molar-refractivity contribution in [1.82, 2.24) is 5.16 Å². The van der Waals surface area contributed by atoms with Crippen LogP contribution < -0.4 is 42.0 Å². The lowest BCUT2D eigenvalue weighted by Gasteiger charge is -2.15. The number of fused-ring (bicyclic) bond motifs is 1. The summed E-state index contributed by atoms with van der Waals surface area (Å²) in [6.07, 6.45) is 1.61. The average molecular weight is 580 g/mol. The van der Waals surface area contributed by atoms with Gasteiger partial charge in [0, 0.05) is 16.5 Å². The molecule has 0 bridgehead atoms. The Hall–Kier alpha value is -4.67. The van der Waals surface area contributed by atoms with Crippen molar-refractivity contribution in [2.45, 2.75) is 13.0 Å². The number of quaternary nitrogens is 1. The molecule has 0 aliphatic rings. The van der Waals surface area contributed by atoms with Gasteiger partial charge < -0.3 is 45.6 Å². The molecule has 3 N–H and O–H groups in total.